The van der Waals surface area contributed by atoms with E-state index in [0.717, 1.165) is 22.9 Å². The van der Waals surface area contributed by atoms with Crippen LogP contribution in [0.15, 0.2) is 127 Å². The van der Waals surface area contributed by atoms with E-state index in [0.29, 0.717) is 21.9 Å². The molecular formula is C34H26CaCl2N4O8S2. The smallest absolute Gasteiger partial charge is 0.296 e. The first-order valence-electron chi connectivity index (χ1n) is 14.3. The number of aromatic hydroxyl groups is 2. The second kappa shape index (κ2) is 16.3. The predicted octanol–water partition coefficient (Wildman–Crippen LogP) is 9.96. The van der Waals surface area contributed by atoms with Crippen molar-refractivity contribution in [1.82, 2.24) is 0 Å². The van der Waals surface area contributed by atoms with Crippen LogP contribution in [0, 0.1) is 13.8 Å². The van der Waals surface area contributed by atoms with Crippen LogP contribution in [0.1, 0.15) is 11.1 Å². The molecule has 6 rings (SSSR count). The molecule has 0 aliphatic carbocycles. The van der Waals surface area contributed by atoms with Crippen molar-refractivity contribution in [3.8, 4) is 11.5 Å². The Morgan fingerprint density at radius 1 is 0.529 bits per heavy atom. The number of fused-ring (bicyclic) bond motifs is 2. The minimum absolute atomic E-state index is 0. The van der Waals surface area contributed by atoms with Gasteiger partial charge in [-0.2, -0.15) is 16.8 Å². The van der Waals surface area contributed by atoms with Crippen LogP contribution >= 0.6 is 23.2 Å². The maximum Gasteiger partial charge on any atom is 0.296 e. The van der Waals surface area contributed by atoms with E-state index in [4.69, 9.17) is 23.2 Å². The van der Waals surface area contributed by atoms with Crippen molar-refractivity contribution in [2.45, 2.75) is 23.6 Å². The molecule has 258 valence electrons. The van der Waals surface area contributed by atoms with Gasteiger partial charge in [-0.1, -0.05) is 83.9 Å². The van der Waals surface area contributed by atoms with Gasteiger partial charge in [0.2, 0.25) is 0 Å². The zero-order valence-corrected chi connectivity index (χ0v) is 32.1. The van der Waals surface area contributed by atoms with E-state index >= 15 is 0 Å². The number of azo groups is 2. The molecule has 0 unspecified atom stereocenters. The van der Waals surface area contributed by atoms with E-state index in [1.165, 1.54) is 24.3 Å². The molecule has 0 aliphatic heterocycles. The number of hydrogen-bond donors (Lipinski definition) is 4. The van der Waals surface area contributed by atoms with Gasteiger partial charge in [-0.3, -0.25) is 9.11 Å². The molecule has 0 saturated heterocycles. The molecule has 51 heavy (non-hydrogen) atoms. The fourth-order valence-corrected chi connectivity index (χ4v) is 6.49. The summed E-state index contributed by atoms with van der Waals surface area (Å²) < 4.78 is 65.0. The first-order valence-corrected chi connectivity index (χ1v) is 18.0. The number of nitrogens with zero attached hydrogens (tertiary/aromatic N) is 4. The number of hydrogen-bond acceptors (Lipinski definition) is 10. The van der Waals surface area contributed by atoms with Crippen LogP contribution in [0.25, 0.3) is 21.5 Å². The summed E-state index contributed by atoms with van der Waals surface area (Å²) in [6.07, 6.45) is 0. The summed E-state index contributed by atoms with van der Waals surface area (Å²) in [6, 6.07) is 26.0. The molecule has 6 aromatic rings. The van der Waals surface area contributed by atoms with Crippen LogP contribution in [-0.2, 0) is 20.2 Å². The Morgan fingerprint density at radius 3 is 1.24 bits per heavy atom. The standard InChI is InChI=1S/2C17H13ClN2O4S.Ca/c2*1-10-8-14(16(9-13(10)18)25(22,23)24)19-20-17-12-5-3-2-4-11(12)6-7-15(17)21;/h2*2-9,21H,1H3,(H,22,23,24);. The Morgan fingerprint density at radius 2 is 0.882 bits per heavy atom. The zero-order chi connectivity index (χ0) is 36.4. The van der Waals surface area contributed by atoms with Gasteiger partial charge >= 0.3 is 0 Å². The Balaban J connectivity index is 0.000000224. The summed E-state index contributed by atoms with van der Waals surface area (Å²) in [5, 5.41) is 39.4. The van der Waals surface area contributed by atoms with Crippen LogP contribution in [0.3, 0.4) is 0 Å². The van der Waals surface area contributed by atoms with Gasteiger partial charge in [0, 0.05) is 58.6 Å². The van der Waals surface area contributed by atoms with Crippen LogP contribution in [-0.4, -0.2) is 73.9 Å². The van der Waals surface area contributed by atoms with Crippen molar-refractivity contribution in [2.24, 2.45) is 20.5 Å². The Labute approximate surface area is 332 Å². The van der Waals surface area contributed by atoms with Crippen LogP contribution in [0.4, 0.5) is 22.7 Å². The van der Waals surface area contributed by atoms with Gasteiger partial charge in [-0.25, -0.2) is 0 Å². The molecule has 0 heterocycles. The molecule has 2 radical (unpaired) electrons. The third-order valence-electron chi connectivity index (χ3n) is 7.31. The molecular weight excluding hydrogens is 768 g/mol. The van der Waals surface area contributed by atoms with Crippen molar-refractivity contribution in [2.75, 3.05) is 0 Å². The molecule has 0 bridgehead atoms. The Bertz CT molecular complexity index is 2410. The van der Waals surface area contributed by atoms with Crippen molar-refractivity contribution < 1.29 is 36.2 Å². The largest absolute Gasteiger partial charge is 0.506 e. The van der Waals surface area contributed by atoms with Gasteiger partial charge in [0.25, 0.3) is 20.2 Å². The van der Waals surface area contributed by atoms with E-state index in [2.05, 4.69) is 20.5 Å². The fourth-order valence-electron chi connectivity index (χ4n) is 4.77. The maximum absolute atomic E-state index is 11.6. The molecule has 6 aromatic carbocycles. The van der Waals surface area contributed by atoms with Gasteiger partial charge in [0.15, 0.2) is 0 Å². The second-order valence-electron chi connectivity index (χ2n) is 10.8. The Kier molecular flexibility index (Phi) is 12.8. The minimum Gasteiger partial charge on any atom is -0.506 e. The SMILES string of the molecule is Cc1cc(N=Nc2c(O)ccc3ccccc23)c(S(=O)(=O)O)cc1Cl.Cc1cc(N=Nc2c(O)ccc3ccccc23)c(S(=O)(=O)O)cc1Cl.[Ca]. The summed E-state index contributed by atoms with van der Waals surface area (Å²) in [6.45, 7) is 3.34. The quantitative estimate of drug-likeness (QED) is 0.0725. The molecule has 0 atom stereocenters. The van der Waals surface area contributed by atoms with Crippen molar-refractivity contribution >= 4 is 125 Å². The van der Waals surface area contributed by atoms with E-state index in [1.54, 1.807) is 50.2 Å². The summed E-state index contributed by atoms with van der Waals surface area (Å²) in [7, 11) is -9.06. The monoisotopic (exact) mass is 792 g/mol. The van der Waals surface area contributed by atoms with Crippen molar-refractivity contribution in [3.63, 3.8) is 0 Å². The minimum atomic E-state index is -4.53. The van der Waals surface area contributed by atoms with Gasteiger partial charge in [0.05, 0.1) is 0 Å². The van der Waals surface area contributed by atoms with Crippen LogP contribution < -0.4 is 0 Å². The topological polar surface area (TPSA) is 199 Å². The van der Waals surface area contributed by atoms with Crippen LogP contribution in [0.2, 0.25) is 10.0 Å². The predicted molar refractivity (Wildman–Crippen MR) is 197 cm³/mol. The molecule has 12 nitrogen and oxygen atoms in total. The third kappa shape index (κ3) is 9.40. The first kappa shape index (κ1) is 40.1. The number of aryl methyl sites for hydroxylation is 2. The first-order chi connectivity index (χ1) is 23.5. The van der Waals surface area contributed by atoms with Crippen molar-refractivity contribution in [3.05, 3.63) is 118 Å². The molecule has 0 amide bonds. The molecule has 0 aromatic heterocycles. The maximum atomic E-state index is 11.6. The van der Waals surface area contributed by atoms with E-state index < -0.39 is 30.0 Å². The van der Waals surface area contributed by atoms with Crippen molar-refractivity contribution in [1.29, 1.82) is 0 Å². The third-order valence-corrected chi connectivity index (χ3v) is 9.89. The van der Waals surface area contributed by atoms with E-state index in [1.807, 2.05) is 24.3 Å². The fraction of sp³-hybridized carbons (Fsp3) is 0.0588. The van der Waals surface area contributed by atoms with E-state index in [9.17, 15) is 36.2 Å². The van der Waals surface area contributed by atoms with Crippen LogP contribution in [0.5, 0.6) is 11.5 Å². The summed E-state index contributed by atoms with van der Waals surface area (Å²) in [5.74, 6) is -0.192. The van der Waals surface area contributed by atoms with Gasteiger partial charge in [-0.15, -0.1) is 20.5 Å². The summed E-state index contributed by atoms with van der Waals surface area (Å²) >= 11 is 11.8. The number of phenolic OH excluding ortho intramolecular Hbond substituents is 2. The average molecular weight is 794 g/mol. The summed E-state index contributed by atoms with van der Waals surface area (Å²) in [4.78, 5) is -0.904. The molecule has 0 saturated carbocycles. The molecule has 0 spiro atoms. The molecule has 4 N–H and O–H groups in total. The molecule has 17 heteroatoms. The average Bonchev–Trinajstić information content (AvgIpc) is 3.06. The zero-order valence-electron chi connectivity index (χ0n) is 26.7. The normalized spacial score (nSPS) is 11.9. The number of benzene rings is 6. The number of halogens is 2. The number of rotatable bonds is 6. The number of phenols is 2. The summed E-state index contributed by atoms with van der Waals surface area (Å²) in [5.41, 5.74) is 1.41. The van der Waals surface area contributed by atoms with E-state index in [-0.39, 0.29) is 82.0 Å². The second-order valence-corrected chi connectivity index (χ2v) is 14.4. The molecule has 0 fully saturated rings. The van der Waals surface area contributed by atoms with Gasteiger partial charge < -0.3 is 10.2 Å². The van der Waals surface area contributed by atoms with Gasteiger partial charge in [0.1, 0.15) is 44.0 Å². The van der Waals surface area contributed by atoms with Gasteiger partial charge in [-0.05, 0) is 72.1 Å². The Hall–Kier alpha value is -3.70. The molecule has 0 aliphatic rings.